The third-order valence-corrected chi connectivity index (χ3v) is 3.25. The Bertz CT molecular complexity index is 403. The maximum atomic E-state index is 13.2. The van der Waals surface area contributed by atoms with Gasteiger partial charge in [-0.05, 0) is 53.1 Å². The fraction of sp³-hybridized carbons (Fsp3) is 0.571. The van der Waals surface area contributed by atoms with Crippen LogP contribution in [0.4, 0.5) is 4.39 Å². The molecule has 0 fully saturated rings. The highest BCUT2D eigenvalue weighted by Gasteiger charge is 2.22. The lowest BCUT2D eigenvalue weighted by Crippen LogP contribution is -2.43. The topological polar surface area (TPSA) is 38.5 Å². The summed E-state index contributed by atoms with van der Waals surface area (Å²) in [7, 11) is 4.00. The molecule has 0 aliphatic rings. The van der Waals surface area contributed by atoms with E-state index in [4.69, 9.17) is 10.5 Å². The van der Waals surface area contributed by atoms with Crippen LogP contribution >= 0.6 is 0 Å². The highest BCUT2D eigenvalue weighted by atomic mass is 19.1. The molecule has 1 aromatic rings. The van der Waals surface area contributed by atoms with Crippen molar-refractivity contribution in [3.63, 3.8) is 0 Å². The first-order valence-corrected chi connectivity index (χ1v) is 6.09. The zero-order valence-corrected chi connectivity index (χ0v) is 11.8. The highest BCUT2D eigenvalue weighted by molar-refractivity contribution is 5.36. The van der Waals surface area contributed by atoms with Gasteiger partial charge in [0.05, 0.1) is 0 Å². The second-order valence-electron chi connectivity index (χ2n) is 5.47. The second-order valence-corrected chi connectivity index (χ2v) is 5.47. The quantitative estimate of drug-likeness (QED) is 0.877. The number of halogens is 1. The molecule has 0 saturated heterocycles. The lowest BCUT2D eigenvalue weighted by atomic mass is 10.1. The SMILES string of the molecule is CC(N)c1cc(F)ccc1OCC(C)(C)N(C)C. The summed E-state index contributed by atoms with van der Waals surface area (Å²) < 4.78 is 19.0. The van der Waals surface area contributed by atoms with Gasteiger partial charge in [-0.2, -0.15) is 0 Å². The zero-order chi connectivity index (χ0) is 13.9. The molecule has 18 heavy (non-hydrogen) atoms. The lowest BCUT2D eigenvalue weighted by molar-refractivity contribution is 0.113. The molecule has 1 aromatic carbocycles. The van der Waals surface area contributed by atoms with Gasteiger partial charge in [0.1, 0.15) is 18.2 Å². The van der Waals surface area contributed by atoms with Crippen LogP contribution in [0.25, 0.3) is 0 Å². The Kier molecular flexibility index (Phi) is 4.71. The fourth-order valence-corrected chi connectivity index (χ4v) is 1.39. The molecule has 102 valence electrons. The van der Waals surface area contributed by atoms with Gasteiger partial charge in [0.2, 0.25) is 0 Å². The van der Waals surface area contributed by atoms with E-state index in [1.165, 1.54) is 12.1 Å². The summed E-state index contributed by atoms with van der Waals surface area (Å²) in [5.74, 6) is 0.364. The molecule has 1 atom stereocenters. The van der Waals surface area contributed by atoms with Crippen molar-refractivity contribution in [2.24, 2.45) is 5.73 Å². The average molecular weight is 254 g/mol. The van der Waals surface area contributed by atoms with E-state index in [9.17, 15) is 4.39 Å². The average Bonchev–Trinajstić information content (AvgIpc) is 2.27. The summed E-state index contributed by atoms with van der Waals surface area (Å²) in [5.41, 5.74) is 6.43. The van der Waals surface area contributed by atoms with Crippen LogP contribution in [0.1, 0.15) is 32.4 Å². The minimum absolute atomic E-state index is 0.0938. The number of hydrogen-bond acceptors (Lipinski definition) is 3. The molecule has 0 aromatic heterocycles. The van der Waals surface area contributed by atoms with Crippen LogP contribution in [0.3, 0.4) is 0 Å². The van der Waals surface area contributed by atoms with Crippen molar-refractivity contribution >= 4 is 0 Å². The van der Waals surface area contributed by atoms with Gasteiger partial charge in [-0.1, -0.05) is 0 Å². The Morgan fingerprint density at radius 3 is 2.50 bits per heavy atom. The Morgan fingerprint density at radius 2 is 2.00 bits per heavy atom. The summed E-state index contributed by atoms with van der Waals surface area (Å²) in [4.78, 5) is 2.09. The Labute approximate surface area is 109 Å². The van der Waals surface area contributed by atoms with E-state index < -0.39 is 0 Å². The maximum absolute atomic E-state index is 13.2. The largest absolute Gasteiger partial charge is 0.491 e. The van der Waals surface area contributed by atoms with Gasteiger partial charge in [-0.15, -0.1) is 0 Å². The maximum Gasteiger partial charge on any atom is 0.124 e. The number of rotatable bonds is 5. The van der Waals surface area contributed by atoms with Gasteiger partial charge < -0.3 is 15.4 Å². The van der Waals surface area contributed by atoms with E-state index in [-0.39, 0.29) is 17.4 Å². The summed E-state index contributed by atoms with van der Waals surface area (Å²) in [6, 6.07) is 4.21. The van der Waals surface area contributed by atoms with Gasteiger partial charge in [-0.25, -0.2) is 4.39 Å². The third-order valence-electron chi connectivity index (χ3n) is 3.25. The van der Waals surface area contributed by atoms with Crippen molar-refractivity contribution in [1.29, 1.82) is 0 Å². The summed E-state index contributed by atoms with van der Waals surface area (Å²) in [6.45, 7) is 6.51. The predicted molar refractivity (Wildman–Crippen MR) is 72.3 cm³/mol. The molecular weight excluding hydrogens is 231 g/mol. The molecule has 4 heteroatoms. The first-order chi connectivity index (χ1) is 8.24. The van der Waals surface area contributed by atoms with Gasteiger partial charge in [0.25, 0.3) is 0 Å². The van der Waals surface area contributed by atoms with Gasteiger partial charge in [-0.3, -0.25) is 0 Å². The van der Waals surface area contributed by atoms with Gasteiger partial charge in [0, 0.05) is 17.1 Å². The van der Waals surface area contributed by atoms with Crippen molar-refractivity contribution < 1.29 is 9.13 Å². The van der Waals surface area contributed by atoms with Crippen LogP contribution < -0.4 is 10.5 Å². The van der Waals surface area contributed by atoms with Crippen LogP contribution in [0.5, 0.6) is 5.75 Å². The molecule has 0 heterocycles. The Hall–Kier alpha value is -1.13. The van der Waals surface area contributed by atoms with Crippen LogP contribution in [0.15, 0.2) is 18.2 Å². The standard InChI is InChI=1S/C14H23FN2O/c1-10(16)12-8-11(15)6-7-13(12)18-9-14(2,3)17(4)5/h6-8,10H,9,16H2,1-5H3. The van der Waals surface area contributed by atoms with E-state index in [1.54, 1.807) is 6.07 Å². The molecule has 0 radical (unpaired) electrons. The monoisotopic (exact) mass is 254 g/mol. The lowest BCUT2D eigenvalue weighted by Gasteiger charge is -2.32. The van der Waals surface area contributed by atoms with Gasteiger partial charge >= 0.3 is 0 Å². The zero-order valence-electron chi connectivity index (χ0n) is 11.8. The van der Waals surface area contributed by atoms with Crippen molar-refractivity contribution in [3.8, 4) is 5.75 Å². The number of likely N-dealkylation sites (N-methyl/N-ethyl adjacent to an activating group) is 1. The molecule has 0 aliphatic heterocycles. The van der Waals surface area contributed by atoms with E-state index in [1.807, 2.05) is 21.0 Å². The highest BCUT2D eigenvalue weighted by Crippen LogP contribution is 2.26. The number of hydrogen-bond donors (Lipinski definition) is 1. The molecule has 2 N–H and O–H groups in total. The number of ether oxygens (including phenoxy) is 1. The Morgan fingerprint density at radius 1 is 1.39 bits per heavy atom. The number of benzene rings is 1. The first-order valence-electron chi connectivity index (χ1n) is 6.09. The van der Waals surface area contributed by atoms with E-state index in [0.29, 0.717) is 17.9 Å². The van der Waals surface area contributed by atoms with Crippen molar-refractivity contribution in [3.05, 3.63) is 29.6 Å². The van der Waals surface area contributed by atoms with Crippen molar-refractivity contribution in [2.75, 3.05) is 20.7 Å². The normalized spacial score (nSPS) is 13.8. The van der Waals surface area contributed by atoms with Crippen LogP contribution in [-0.2, 0) is 0 Å². The van der Waals surface area contributed by atoms with E-state index in [0.717, 1.165) is 0 Å². The minimum atomic E-state index is -0.290. The van der Waals surface area contributed by atoms with Crippen LogP contribution in [0, 0.1) is 5.82 Å². The minimum Gasteiger partial charge on any atom is -0.491 e. The van der Waals surface area contributed by atoms with Crippen LogP contribution in [0.2, 0.25) is 0 Å². The van der Waals surface area contributed by atoms with E-state index in [2.05, 4.69) is 18.7 Å². The Balaban J connectivity index is 2.85. The van der Waals surface area contributed by atoms with Crippen molar-refractivity contribution in [2.45, 2.75) is 32.4 Å². The van der Waals surface area contributed by atoms with Crippen LogP contribution in [-0.4, -0.2) is 31.1 Å². The molecule has 0 saturated carbocycles. The predicted octanol–water partition coefficient (Wildman–Crippen LogP) is 2.56. The summed E-state index contributed by atoms with van der Waals surface area (Å²) in [5, 5.41) is 0. The molecule has 0 aliphatic carbocycles. The fourth-order valence-electron chi connectivity index (χ4n) is 1.39. The third kappa shape index (κ3) is 3.68. The number of nitrogens with zero attached hydrogens (tertiary/aromatic N) is 1. The second kappa shape index (κ2) is 5.67. The number of nitrogens with two attached hydrogens (primary N) is 1. The molecule has 0 spiro atoms. The summed E-state index contributed by atoms with van der Waals surface area (Å²) in [6.07, 6.45) is 0. The summed E-state index contributed by atoms with van der Waals surface area (Å²) >= 11 is 0. The first kappa shape index (κ1) is 14.9. The molecular formula is C14H23FN2O. The smallest absolute Gasteiger partial charge is 0.124 e. The molecule has 3 nitrogen and oxygen atoms in total. The van der Waals surface area contributed by atoms with Crippen molar-refractivity contribution in [1.82, 2.24) is 4.90 Å². The molecule has 1 unspecified atom stereocenters. The van der Waals surface area contributed by atoms with E-state index >= 15 is 0 Å². The molecule has 1 rings (SSSR count). The van der Waals surface area contributed by atoms with Gasteiger partial charge in [0.15, 0.2) is 0 Å². The molecule has 0 amide bonds. The molecule has 0 bridgehead atoms.